The van der Waals surface area contributed by atoms with Crippen LogP contribution in [0.3, 0.4) is 0 Å². The molecule has 0 radical (unpaired) electrons. The largest absolute Gasteiger partial charge is 0.465 e. The van der Waals surface area contributed by atoms with Gasteiger partial charge in [0.15, 0.2) is 0 Å². The van der Waals surface area contributed by atoms with Crippen LogP contribution in [0, 0.1) is 0 Å². The zero-order chi connectivity index (χ0) is 16.1. The molecular weight excluding hydrogens is 365 g/mol. The number of amides is 1. The van der Waals surface area contributed by atoms with Gasteiger partial charge in [0.2, 0.25) is 5.91 Å². The Balaban J connectivity index is 1.98. The highest BCUT2D eigenvalue weighted by molar-refractivity contribution is 8.00. The number of anilines is 1. The lowest BCUT2D eigenvalue weighted by Gasteiger charge is -2.06. The fourth-order valence-corrected chi connectivity index (χ4v) is 3.65. The third-order valence-electron chi connectivity index (χ3n) is 2.58. The van der Waals surface area contributed by atoms with Crippen molar-refractivity contribution in [1.29, 1.82) is 0 Å². The second-order valence-corrected chi connectivity index (χ2v) is 6.84. The fraction of sp³-hybridized carbons (Fsp3) is 0.143. The topological polar surface area (TPSA) is 55.4 Å². The summed E-state index contributed by atoms with van der Waals surface area (Å²) in [5.74, 6) is -0.575. The number of carbonyl (C=O) groups is 2. The van der Waals surface area contributed by atoms with Gasteiger partial charge < -0.3 is 10.1 Å². The lowest BCUT2D eigenvalue weighted by atomic mass is 10.3. The van der Waals surface area contributed by atoms with Crippen LogP contribution in [-0.2, 0) is 9.53 Å². The lowest BCUT2D eigenvalue weighted by molar-refractivity contribution is -0.113. The smallest absolute Gasteiger partial charge is 0.340 e. The molecule has 0 aliphatic carbocycles. The van der Waals surface area contributed by atoms with Crippen LogP contribution in [0.1, 0.15) is 10.4 Å². The van der Waals surface area contributed by atoms with Gasteiger partial charge >= 0.3 is 5.97 Å². The van der Waals surface area contributed by atoms with E-state index in [9.17, 15) is 9.59 Å². The number of rotatable bonds is 5. The number of esters is 1. The number of benzene rings is 1. The molecule has 0 spiro atoms. The highest BCUT2D eigenvalue weighted by atomic mass is 35.5. The monoisotopic (exact) mass is 375 g/mol. The quantitative estimate of drug-likeness (QED) is 0.613. The van der Waals surface area contributed by atoms with E-state index in [0.717, 1.165) is 4.90 Å². The highest BCUT2D eigenvalue weighted by Crippen LogP contribution is 2.30. The maximum atomic E-state index is 12.0. The molecule has 1 N–H and O–H groups in total. The number of hydrogen-bond acceptors (Lipinski definition) is 5. The van der Waals surface area contributed by atoms with Crippen molar-refractivity contribution < 1.29 is 14.3 Å². The normalized spacial score (nSPS) is 10.3. The van der Waals surface area contributed by atoms with Crippen molar-refractivity contribution in [2.45, 2.75) is 4.90 Å². The average molecular weight is 376 g/mol. The maximum Gasteiger partial charge on any atom is 0.340 e. The second-order valence-electron chi connectivity index (χ2n) is 4.07. The van der Waals surface area contributed by atoms with Crippen LogP contribution < -0.4 is 5.32 Å². The van der Waals surface area contributed by atoms with E-state index in [4.69, 9.17) is 23.2 Å². The van der Waals surface area contributed by atoms with E-state index in [2.05, 4.69) is 10.1 Å². The van der Waals surface area contributed by atoms with E-state index in [1.165, 1.54) is 30.2 Å². The van der Waals surface area contributed by atoms with Crippen LogP contribution in [0.25, 0.3) is 0 Å². The molecule has 0 saturated carbocycles. The predicted octanol–water partition coefficient (Wildman–Crippen LogP) is 4.57. The molecular formula is C14H11Cl2NO3S2. The van der Waals surface area contributed by atoms with Crippen LogP contribution in [0.2, 0.25) is 10.0 Å². The van der Waals surface area contributed by atoms with Crippen molar-refractivity contribution in [3.63, 3.8) is 0 Å². The molecule has 1 amide bonds. The average Bonchev–Trinajstić information content (AvgIpc) is 2.95. The molecule has 22 heavy (non-hydrogen) atoms. The van der Waals surface area contributed by atoms with E-state index in [1.54, 1.807) is 29.6 Å². The number of nitrogens with one attached hydrogen (secondary N) is 1. The number of thiophene rings is 1. The van der Waals surface area contributed by atoms with Crippen molar-refractivity contribution in [1.82, 2.24) is 0 Å². The molecule has 8 heteroatoms. The van der Waals surface area contributed by atoms with Crippen LogP contribution in [-0.4, -0.2) is 24.7 Å². The molecule has 2 rings (SSSR count). The van der Waals surface area contributed by atoms with Crippen molar-refractivity contribution >= 4 is 63.2 Å². The Labute approximate surface area is 145 Å². The molecule has 1 heterocycles. The molecule has 0 aliphatic heterocycles. The first-order valence-electron chi connectivity index (χ1n) is 6.04. The molecule has 0 aliphatic rings. The molecule has 0 unspecified atom stereocenters. The minimum Gasteiger partial charge on any atom is -0.465 e. The molecule has 0 fully saturated rings. The van der Waals surface area contributed by atoms with Gasteiger partial charge in [0.05, 0.1) is 23.4 Å². The lowest BCUT2D eigenvalue weighted by Crippen LogP contribution is -2.15. The molecule has 1 aromatic heterocycles. The van der Waals surface area contributed by atoms with E-state index in [0.29, 0.717) is 20.6 Å². The Morgan fingerprint density at radius 2 is 2.09 bits per heavy atom. The first-order chi connectivity index (χ1) is 10.5. The second kappa shape index (κ2) is 7.87. The minimum absolute atomic E-state index is 0.151. The van der Waals surface area contributed by atoms with Gasteiger partial charge in [-0.3, -0.25) is 4.79 Å². The summed E-state index contributed by atoms with van der Waals surface area (Å²) in [6.45, 7) is 0. The molecule has 0 saturated heterocycles. The van der Waals surface area contributed by atoms with Crippen molar-refractivity contribution in [3.8, 4) is 0 Å². The Morgan fingerprint density at radius 1 is 1.32 bits per heavy atom. The van der Waals surface area contributed by atoms with Gasteiger partial charge in [-0.25, -0.2) is 4.79 Å². The van der Waals surface area contributed by atoms with Crippen LogP contribution in [0.5, 0.6) is 0 Å². The van der Waals surface area contributed by atoms with Gasteiger partial charge in [-0.05, 0) is 29.6 Å². The van der Waals surface area contributed by atoms with Gasteiger partial charge in [-0.15, -0.1) is 23.1 Å². The Bertz CT molecular complexity index is 703. The first-order valence-corrected chi connectivity index (χ1v) is 8.67. The van der Waals surface area contributed by atoms with E-state index < -0.39 is 5.97 Å². The van der Waals surface area contributed by atoms with Crippen molar-refractivity contribution in [2.24, 2.45) is 0 Å². The number of halogens is 2. The van der Waals surface area contributed by atoms with Crippen molar-refractivity contribution in [2.75, 3.05) is 18.2 Å². The van der Waals surface area contributed by atoms with Gasteiger partial charge in [-0.2, -0.15) is 0 Å². The summed E-state index contributed by atoms with van der Waals surface area (Å²) in [5.41, 5.74) is 0.339. The van der Waals surface area contributed by atoms with Gasteiger partial charge in [0, 0.05) is 9.92 Å². The SMILES string of the molecule is COC(=O)c1ccsc1NC(=O)CSc1cc(Cl)ccc1Cl. The summed E-state index contributed by atoms with van der Waals surface area (Å²) < 4.78 is 4.65. The van der Waals surface area contributed by atoms with Crippen LogP contribution >= 0.6 is 46.3 Å². The third kappa shape index (κ3) is 4.39. The molecule has 1 aromatic carbocycles. The summed E-state index contributed by atoms with van der Waals surface area (Å²) in [4.78, 5) is 24.2. The molecule has 116 valence electrons. The minimum atomic E-state index is -0.484. The summed E-state index contributed by atoms with van der Waals surface area (Å²) >= 11 is 14.5. The summed E-state index contributed by atoms with van der Waals surface area (Å²) in [6.07, 6.45) is 0. The number of ether oxygens (including phenoxy) is 1. The van der Waals surface area contributed by atoms with E-state index in [1.807, 2.05) is 0 Å². The van der Waals surface area contributed by atoms with Crippen LogP contribution in [0.4, 0.5) is 5.00 Å². The molecule has 0 atom stereocenters. The molecule has 2 aromatic rings. The number of hydrogen-bond donors (Lipinski definition) is 1. The summed E-state index contributed by atoms with van der Waals surface area (Å²) in [7, 11) is 1.29. The van der Waals surface area contributed by atoms with Gasteiger partial charge in [0.1, 0.15) is 5.00 Å². The highest BCUT2D eigenvalue weighted by Gasteiger charge is 2.15. The Morgan fingerprint density at radius 3 is 2.82 bits per heavy atom. The molecule has 4 nitrogen and oxygen atoms in total. The first kappa shape index (κ1) is 17.1. The van der Waals surface area contributed by atoms with Gasteiger partial charge in [-0.1, -0.05) is 23.2 Å². The van der Waals surface area contributed by atoms with E-state index in [-0.39, 0.29) is 11.7 Å². The molecule has 0 bridgehead atoms. The summed E-state index contributed by atoms with van der Waals surface area (Å²) in [5, 5.41) is 5.96. The van der Waals surface area contributed by atoms with Crippen molar-refractivity contribution in [3.05, 3.63) is 45.3 Å². The predicted molar refractivity (Wildman–Crippen MR) is 91.5 cm³/mol. The maximum absolute atomic E-state index is 12.0. The number of carbonyl (C=O) groups excluding carboxylic acids is 2. The van der Waals surface area contributed by atoms with E-state index >= 15 is 0 Å². The third-order valence-corrected chi connectivity index (χ3v) is 5.14. The Hall–Kier alpha value is -1.21. The zero-order valence-electron chi connectivity index (χ0n) is 11.4. The zero-order valence-corrected chi connectivity index (χ0v) is 14.5. The van der Waals surface area contributed by atoms with Gasteiger partial charge in [0.25, 0.3) is 0 Å². The standard InChI is InChI=1S/C14H11Cl2NO3S2/c1-20-14(19)9-4-5-21-13(9)17-12(18)7-22-11-6-8(15)2-3-10(11)16/h2-6H,7H2,1H3,(H,17,18). The summed E-state index contributed by atoms with van der Waals surface area (Å²) in [6, 6.07) is 6.67. The van der Waals surface area contributed by atoms with Crippen LogP contribution in [0.15, 0.2) is 34.5 Å². The fourth-order valence-electron chi connectivity index (χ4n) is 1.57. The number of thioether (sulfide) groups is 1. The Kier molecular flexibility index (Phi) is 6.14. The number of methoxy groups -OCH3 is 1.